The first kappa shape index (κ1) is 12.8. The van der Waals surface area contributed by atoms with E-state index in [1.165, 1.54) is 5.57 Å². The number of aliphatic hydroxyl groups is 1. The molecule has 4 nitrogen and oxygen atoms in total. The van der Waals surface area contributed by atoms with E-state index < -0.39 is 5.60 Å². The molecular weight excluding hydrogens is 252 g/mol. The minimum Gasteiger partial charge on any atom is -0.387 e. The van der Waals surface area contributed by atoms with Crippen molar-refractivity contribution < 1.29 is 9.90 Å². The van der Waals surface area contributed by atoms with Crippen LogP contribution in [0.1, 0.15) is 51.9 Å². The lowest BCUT2D eigenvalue weighted by Crippen LogP contribution is -2.74. The lowest BCUT2D eigenvalue weighted by atomic mass is 9.50. The summed E-state index contributed by atoms with van der Waals surface area (Å²) in [6.07, 6.45) is 6.28. The molecule has 4 rings (SSSR count). The lowest BCUT2D eigenvalue weighted by molar-refractivity contribution is -0.150. The Balaban J connectivity index is 1.87. The number of amides is 1. The average Bonchev–Trinajstić information content (AvgIpc) is 2.39. The fraction of sp³-hybridized carbons (Fsp3) is 0.812. The second-order valence-electron chi connectivity index (χ2n) is 7.31. The van der Waals surface area contributed by atoms with Crippen LogP contribution in [0, 0.1) is 11.8 Å². The summed E-state index contributed by atoms with van der Waals surface area (Å²) in [5, 5.41) is 18.3. The molecule has 0 aromatic rings. The van der Waals surface area contributed by atoms with Crippen LogP contribution in [0.2, 0.25) is 0 Å². The van der Waals surface area contributed by atoms with E-state index >= 15 is 0 Å². The van der Waals surface area contributed by atoms with Crippen molar-refractivity contribution in [1.82, 2.24) is 10.6 Å². The molecule has 0 aromatic heterocycles. The van der Waals surface area contributed by atoms with E-state index in [0.717, 1.165) is 50.8 Å². The van der Waals surface area contributed by atoms with Crippen molar-refractivity contribution in [3.63, 3.8) is 0 Å². The quantitative estimate of drug-likeness (QED) is 0.627. The number of hydrogen-bond donors (Lipinski definition) is 3. The van der Waals surface area contributed by atoms with Crippen LogP contribution in [0.25, 0.3) is 0 Å². The smallest absolute Gasteiger partial charge is 0.224 e. The van der Waals surface area contributed by atoms with Gasteiger partial charge in [-0.2, -0.15) is 0 Å². The van der Waals surface area contributed by atoms with Gasteiger partial charge in [-0.3, -0.25) is 4.79 Å². The molecule has 2 heterocycles. The van der Waals surface area contributed by atoms with E-state index in [1.807, 2.05) is 0 Å². The van der Waals surface area contributed by atoms with Crippen molar-refractivity contribution in [2.24, 2.45) is 11.8 Å². The Bertz CT molecular complexity index is 501. The molecule has 2 aliphatic carbocycles. The zero-order valence-corrected chi connectivity index (χ0v) is 12.2. The van der Waals surface area contributed by atoms with E-state index in [0.29, 0.717) is 12.3 Å². The van der Waals surface area contributed by atoms with Gasteiger partial charge in [0.2, 0.25) is 5.91 Å². The molecule has 1 saturated carbocycles. The molecule has 4 heteroatoms. The molecule has 110 valence electrons. The monoisotopic (exact) mass is 276 g/mol. The maximum absolute atomic E-state index is 11.7. The molecule has 1 saturated heterocycles. The Morgan fingerprint density at radius 3 is 3.05 bits per heavy atom. The average molecular weight is 276 g/mol. The lowest BCUT2D eigenvalue weighted by Gasteiger charge is -2.63. The van der Waals surface area contributed by atoms with Gasteiger partial charge in [0.15, 0.2) is 0 Å². The van der Waals surface area contributed by atoms with Gasteiger partial charge in [-0.1, -0.05) is 6.92 Å². The standard InChI is InChI=1S/C16H24N2O2/c1-10-7-11-8-13-12(3-4-14(19)18-13)15(9-10)16(11,20)5-2-6-17-15/h10-11,17,20H,2-9H2,1H3,(H,18,19)/t10-,11+,15+,16+/m1/s1. The van der Waals surface area contributed by atoms with Crippen molar-refractivity contribution in [2.45, 2.75) is 63.0 Å². The topological polar surface area (TPSA) is 61.4 Å². The van der Waals surface area contributed by atoms with Gasteiger partial charge < -0.3 is 15.7 Å². The summed E-state index contributed by atoms with van der Waals surface area (Å²) in [4.78, 5) is 11.7. The molecule has 20 heavy (non-hydrogen) atoms. The van der Waals surface area contributed by atoms with Crippen LogP contribution < -0.4 is 10.6 Å². The van der Waals surface area contributed by atoms with Crippen LogP contribution in [-0.4, -0.2) is 28.7 Å². The first-order valence-corrected chi connectivity index (χ1v) is 8.05. The molecule has 2 aliphatic heterocycles. The summed E-state index contributed by atoms with van der Waals surface area (Å²) in [6, 6.07) is 0. The van der Waals surface area contributed by atoms with Crippen LogP contribution >= 0.6 is 0 Å². The zero-order valence-electron chi connectivity index (χ0n) is 12.2. The predicted molar refractivity (Wildman–Crippen MR) is 75.8 cm³/mol. The number of hydrogen-bond acceptors (Lipinski definition) is 3. The number of allylic oxidation sites excluding steroid dienone is 1. The highest BCUT2D eigenvalue weighted by molar-refractivity contribution is 5.80. The largest absolute Gasteiger partial charge is 0.387 e. The molecule has 4 atom stereocenters. The predicted octanol–water partition coefficient (Wildman–Crippen LogP) is 1.45. The minimum atomic E-state index is -0.599. The summed E-state index contributed by atoms with van der Waals surface area (Å²) >= 11 is 0. The molecule has 4 aliphatic rings. The molecule has 0 spiro atoms. The fourth-order valence-electron chi connectivity index (χ4n) is 5.44. The number of carbonyl (C=O) groups is 1. The van der Waals surface area contributed by atoms with Crippen LogP contribution in [0.15, 0.2) is 11.3 Å². The van der Waals surface area contributed by atoms with Gasteiger partial charge in [0.05, 0.1) is 11.1 Å². The van der Waals surface area contributed by atoms with Crippen LogP contribution in [0.4, 0.5) is 0 Å². The van der Waals surface area contributed by atoms with Gasteiger partial charge in [-0.05, 0) is 62.5 Å². The maximum atomic E-state index is 11.7. The Morgan fingerprint density at radius 1 is 1.35 bits per heavy atom. The van der Waals surface area contributed by atoms with Crippen molar-refractivity contribution in [3.05, 3.63) is 11.3 Å². The van der Waals surface area contributed by atoms with Gasteiger partial charge in [0, 0.05) is 12.1 Å². The molecular formula is C16H24N2O2. The summed E-state index contributed by atoms with van der Waals surface area (Å²) in [7, 11) is 0. The van der Waals surface area contributed by atoms with Gasteiger partial charge >= 0.3 is 0 Å². The normalized spacial score (nSPS) is 47.4. The van der Waals surface area contributed by atoms with Crippen LogP contribution in [0.5, 0.6) is 0 Å². The van der Waals surface area contributed by atoms with Crippen LogP contribution in [-0.2, 0) is 4.79 Å². The highest BCUT2D eigenvalue weighted by Gasteiger charge is 2.63. The number of carbonyl (C=O) groups excluding carboxylic acids is 1. The Kier molecular flexibility index (Phi) is 2.62. The van der Waals surface area contributed by atoms with Gasteiger partial charge in [-0.15, -0.1) is 0 Å². The zero-order chi connectivity index (χ0) is 14.0. The van der Waals surface area contributed by atoms with Crippen molar-refractivity contribution >= 4 is 5.91 Å². The Morgan fingerprint density at radius 2 is 2.20 bits per heavy atom. The highest BCUT2D eigenvalue weighted by atomic mass is 16.3. The third kappa shape index (κ3) is 1.47. The van der Waals surface area contributed by atoms with Crippen LogP contribution in [0.3, 0.4) is 0 Å². The molecule has 1 amide bonds. The van der Waals surface area contributed by atoms with E-state index in [1.54, 1.807) is 0 Å². The highest BCUT2D eigenvalue weighted by Crippen LogP contribution is 2.57. The fourth-order valence-corrected chi connectivity index (χ4v) is 5.44. The number of piperidine rings is 1. The number of nitrogens with one attached hydrogen (secondary N) is 2. The molecule has 2 fully saturated rings. The first-order valence-electron chi connectivity index (χ1n) is 8.05. The third-order valence-corrected chi connectivity index (χ3v) is 6.14. The second kappa shape index (κ2) is 4.08. The summed E-state index contributed by atoms with van der Waals surface area (Å²) < 4.78 is 0. The van der Waals surface area contributed by atoms with Crippen molar-refractivity contribution in [2.75, 3.05) is 6.54 Å². The van der Waals surface area contributed by atoms with Crippen molar-refractivity contribution in [3.8, 4) is 0 Å². The summed E-state index contributed by atoms with van der Waals surface area (Å²) in [5.74, 6) is 1.07. The minimum absolute atomic E-state index is 0.146. The summed E-state index contributed by atoms with van der Waals surface area (Å²) in [5.41, 5.74) is 1.56. The Hall–Kier alpha value is -0.870. The number of rotatable bonds is 0. The van der Waals surface area contributed by atoms with E-state index in [-0.39, 0.29) is 17.4 Å². The van der Waals surface area contributed by atoms with E-state index in [9.17, 15) is 9.90 Å². The maximum Gasteiger partial charge on any atom is 0.224 e. The van der Waals surface area contributed by atoms with Gasteiger partial charge in [0.1, 0.15) is 0 Å². The first-order chi connectivity index (χ1) is 9.55. The SMILES string of the molecule is C[C@@H]1C[C@H]2CC3=C(CCC(=O)N3)[C@]3(C1)NCCC[C@]23O. The molecule has 2 bridgehead atoms. The summed E-state index contributed by atoms with van der Waals surface area (Å²) in [6.45, 7) is 3.28. The molecule has 0 unspecified atom stereocenters. The molecule has 0 aromatic carbocycles. The molecule has 0 radical (unpaired) electrons. The Labute approximate surface area is 120 Å². The second-order valence-corrected chi connectivity index (χ2v) is 7.31. The van der Waals surface area contributed by atoms with E-state index in [4.69, 9.17) is 0 Å². The van der Waals surface area contributed by atoms with Gasteiger partial charge in [0.25, 0.3) is 0 Å². The van der Waals surface area contributed by atoms with Gasteiger partial charge in [-0.25, -0.2) is 0 Å². The van der Waals surface area contributed by atoms with Crippen molar-refractivity contribution in [1.29, 1.82) is 0 Å². The van der Waals surface area contributed by atoms with E-state index in [2.05, 4.69) is 17.6 Å². The molecule has 3 N–H and O–H groups in total. The third-order valence-electron chi connectivity index (χ3n) is 6.14.